The predicted octanol–water partition coefficient (Wildman–Crippen LogP) is 2.45. The van der Waals surface area contributed by atoms with Crippen LogP contribution in [0.25, 0.3) is 0 Å². The van der Waals surface area contributed by atoms with Crippen molar-refractivity contribution < 1.29 is 4.79 Å². The molecule has 18 heavy (non-hydrogen) atoms. The molecular weight excluding hydrogens is 224 g/mol. The van der Waals surface area contributed by atoms with Crippen LogP contribution < -0.4 is 11.1 Å². The molecule has 2 aliphatic rings. The predicted molar refractivity (Wildman–Crippen MR) is 74.1 cm³/mol. The van der Waals surface area contributed by atoms with Gasteiger partial charge in [-0.25, -0.2) is 0 Å². The number of carbonyl (C=O) groups is 1. The second-order valence-corrected chi connectivity index (χ2v) is 6.17. The summed E-state index contributed by atoms with van der Waals surface area (Å²) in [6.45, 7) is 2.94. The molecule has 0 spiro atoms. The van der Waals surface area contributed by atoms with Gasteiger partial charge in [-0.3, -0.25) is 4.79 Å². The highest BCUT2D eigenvalue weighted by molar-refractivity contribution is 5.79. The zero-order valence-electron chi connectivity index (χ0n) is 11.7. The summed E-state index contributed by atoms with van der Waals surface area (Å²) < 4.78 is 0. The Morgan fingerprint density at radius 2 is 1.89 bits per heavy atom. The molecule has 0 unspecified atom stereocenters. The highest BCUT2D eigenvalue weighted by Gasteiger charge is 2.33. The van der Waals surface area contributed by atoms with Gasteiger partial charge in [0.05, 0.1) is 0 Å². The molecule has 3 nitrogen and oxygen atoms in total. The van der Waals surface area contributed by atoms with Crippen LogP contribution in [0.5, 0.6) is 0 Å². The average Bonchev–Trinajstić information content (AvgIpc) is 2.88. The molecule has 2 saturated carbocycles. The van der Waals surface area contributed by atoms with Crippen LogP contribution in [-0.4, -0.2) is 18.5 Å². The van der Waals surface area contributed by atoms with Crippen molar-refractivity contribution in [3.8, 4) is 0 Å². The highest BCUT2D eigenvalue weighted by atomic mass is 16.2. The first-order valence-electron chi connectivity index (χ1n) is 7.75. The fourth-order valence-corrected chi connectivity index (χ4v) is 3.69. The molecule has 0 aromatic rings. The van der Waals surface area contributed by atoms with Crippen molar-refractivity contribution in [1.29, 1.82) is 0 Å². The second-order valence-electron chi connectivity index (χ2n) is 6.17. The van der Waals surface area contributed by atoms with Gasteiger partial charge in [-0.1, -0.05) is 19.8 Å². The summed E-state index contributed by atoms with van der Waals surface area (Å²) in [6, 6.07) is 0.430. The Hall–Kier alpha value is -0.570. The Kier molecular flexibility index (Phi) is 5.04. The largest absolute Gasteiger partial charge is 0.353 e. The number of rotatable bonds is 4. The molecule has 2 aliphatic carbocycles. The Labute approximate surface area is 111 Å². The number of carbonyl (C=O) groups excluding carboxylic acids is 1. The van der Waals surface area contributed by atoms with Crippen LogP contribution in [0.3, 0.4) is 0 Å². The fraction of sp³-hybridized carbons (Fsp3) is 0.933. The summed E-state index contributed by atoms with van der Waals surface area (Å²) >= 11 is 0. The van der Waals surface area contributed by atoms with E-state index in [0.29, 0.717) is 18.5 Å². The van der Waals surface area contributed by atoms with Crippen LogP contribution in [0.4, 0.5) is 0 Å². The van der Waals surface area contributed by atoms with Crippen molar-refractivity contribution in [3.05, 3.63) is 0 Å². The standard InChI is InChI=1S/C15H28N2O/c1-2-11-6-8-13(9-7-11)17-15(18)14-5-3-4-12(14)10-16/h11-14H,2-10,16H2,1H3,(H,17,18)/t11?,12-,13?,14-/m1/s1. The Morgan fingerprint density at radius 1 is 1.17 bits per heavy atom. The SMILES string of the molecule is CCC1CCC(NC(=O)[C@@H]2CCC[C@@H]2CN)CC1. The monoisotopic (exact) mass is 252 g/mol. The lowest BCUT2D eigenvalue weighted by molar-refractivity contribution is -0.127. The first kappa shape index (κ1) is 13.9. The molecule has 0 aromatic heterocycles. The van der Waals surface area contributed by atoms with E-state index >= 15 is 0 Å². The third kappa shape index (κ3) is 3.25. The molecule has 0 bridgehead atoms. The van der Waals surface area contributed by atoms with Gasteiger partial charge in [0.1, 0.15) is 0 Å². The van der Waals surface area contributed by atoms with Crippen LogP contribution in [0.15, 0.2) is 0 Å². The number of hydrogen-bond acceptors (Lipinski definition) is 2. The second kappa shape index (κ2) is 6.55. The van der Waals surface area contributed by atoms with Crippen LogP contribution in [0.1, 0.15) is 58.3 Å². The molecule has 2 atom stereocenters. The summed E-state index contributed by atoms with van der Waals surface area (Å²) in [5.41, 5.74) is 5.75. The van der Waals surface area contributed by atoms with E-state index < -0.39 is 0 Å². The number of nitrogens with two attached hydrogens (primary N) is 1. The average molecular weight is 252 g/mol. The van der Waals surface area contributed by atoms with Crippen LogP contribution >= 0.6 is 0 Å². The molecule has 0 aliphatic heterocycles. The van der Waals surface area contributed by atoms with Gasteiger partial charge in [-0.05, 0) is 56.9 Å². The van der Waals surface area contributed by atoms with Crippen molar-refractivity contribution in [3.63, 3.8) is 0 Å². The maximum atomic E-state index is 12.3. The van der Waals surface area contributed by atoms with Crippen LogP contribution in [0.2, 0.25) is 0 Å². The highest BCUT2D eigenvalue weighted by Crippen LogP contribution is 2.32. The summed E-state index contributed by atoms with van der Waals surface area (Å²) in [7, 11) is 0. The number of amides is 1. The Balaban J connectivity index is 1.77. The zero-order chi connectivity index (χ0) is 13.0. The lowest BCUT2D eigenvalue weighted by Crippen LogP contribution is -2.42. The molecule has 0 aromatic carbocycles. The van der Waals surface area contributed by atoms with Gasteiger partial charge < -0.3 is 11.1 Å². The smallest absolute Gasteiger partial charge is 0.223 e. The van der Waals surface area contributed by atoms with E-state index in [4.69, 9.17) is 5.73 Å². The minimum absolute atomic E-state index is 0.193. The lowest BCUT2D eigenvalue weighted by Gasteiger charge is -2.30. The molecule has 104 valence electrons. The van der Waals surface area contributed by atoms with Crippen LogP contribution in [-0.2, 0) is 4.79 Å². The molecule has 0 radical (unpaired) electrons. The van der Waals surface area contributed by atoms with Gasteiger partial charge in [0.25, 0.3) is 0 Å². The third-order valence-corrected chi connectivity index (χ3v) is 5.07. The minimum atomic E-state index is 0.193. The fourth-order valence-electron chi connectivity index (χ4n) is 3.69. The van der Waals surface area contributed by atoms with Crippen LogP contribution in [0, 0.1) is 17.8 Å². The van der Waals surface area contributed by atoms with Gasteiger partial charge >= 0.3 is 0 Å². The van der Waals surface area contributed by atoms with E-state index in [0.717, 1.165) is 18.8 Å². The van der Waals surface area contributed by atoms with E-state index in [1.54, 1.807) is 0 Å². The summed E-state index contributed by atoms with van der Waals surface area (Å²) in [5, 5.41) is 3.28. The Bertz CT molecular complexity index is 272. The molecule has 2 fully saturated rings. The molecule has 0 saturated heterocycles. The van der Waals surface area contributed by atoms with E-state index in [2.05, 4.69) is 12.2 Å². The van der Waals surface area contributed by atoms with Crippen molar-refractivity contribution in [2.75, 3.05) is 6.54 Å². The van der Waals surface area contributed by atoms with E-state index in [1.807, 2.05) is 0 Å². The van der Waals surface area contributed by atoms with E-state index in [-0.39, 0.29) is 11.8 Å². The first-order chi connectivity index (χ1) is 8.74. The van der Waals surface area contributed by atoms with Crippen molar-refractivity contribution in [2.24, 2.45) is 23.5 Å². The van der Waals surface area contributed by atoms with Gasteiger partial charge in [0.15, 0.2) is 0 Å². The maximum absolute atomic E-state index is 12.3. The molecule has 2 rings (SSSR count). The molecule has 1 amide bonds. The molecular formula is C15H28N2O. The van der Waals surface area contributed by atoms with Gasteiger partial charge in [0.2, 0.25) is 5.91 Å². The quantitative estimate of drug-likeness (QED) is 0.807. The van der Waals surface area contributed by atoms with Gasteiger partial charge in [0, 0.05) is 12.0 Å². The summed E-state index contributed by atoms with van der Waals surface area (Å²) in [5.74, 6) is 1.79. The normalized spacial score (nSPS) is 36.6. The van der Waals surface area contributed by atoms with Crippen molar-refractivity contribution in [1.82, 2.24) is 5.32 Å². The van der Waals surface area contributed by atoms with Gasteiger partial charge in [-0.2, -0.15) is 0 Å². The molecule has 3 heteroatoms. The van der Waals surface area contributed by atoms with Crippen molar-refractivity contribution >= 4 is 5.91 Å². The third-order valence-electron chi connectivity index (χ3n) is 5.07. The van der Waals surface area contributed by atoms with Gasteiger partial charge in [-0.15, -0.1) is 0 Å². The minimum Gasteiger partial charge on any atom is -0.353 e. The maximum Gasteiger partial charge on any atom is 0.223 e. The summed E-state index contributed by atoms with van der Waals surface area (Å²) in [6.07, 6.45) is 9.55. The zero-order valence-corrected chi connectivity index (χ0v) is 11.7. The number of hydrogen-bond donors (Lipinski definition) is 2. The van der Waals surface area contributed by atoms with Crippen molar-refractivity contribution in [2.45, 2.75) is 64.3 Å². The first-order valence-corrected chi connectivity index (χ1v) is 7.75. The number of nitrogens with one attached hydrogen (secondary N) is 1. The topological polar surface area (TPSA) is 55.1 Å². The summed E-state index contributed by atoms with van der Waals surface area (Å²) in [4.78, 5) is 12.3. The Morgan fingerprint density at radius 3 is 2.50 bits per heavy atom. The lowest BCUT2D eigenvalue weighted by atomic mass is 9.84. The molecule has 0 heterocycles. The molecule has 3 N–H and O–H groups in total. The van der Waals surface area contributed by atoms with E-state index in [9.17, 15) is 4.79 Å². The van der Waals surface area contributed by atoms with E-state index in [1.165, 1.54) is 38.5 Å².